The molecule has 0 aliphatic carbocycles. The topological polar surface area (TPSA) is 78.7 Å². The summed E-state index contributed by atoms with van der Waals surface area (Å²) < 4.78 is 8.74. The highest BCUT2D eigenvalue weighted by Crippen LogP contribution is 2.37. The standard InChI is InChI=1S/C8H5Cl2NO5/c1-15-8(12)16-6-3-4(9)2-5(10)7(6)11(13)14/h2-3H,1H3. The molecule has 1 aromatic carbocycles. The number of carbonyl (C=O) groups is 1. The number of hydrogen-bond donors (Lipinski definition) is 0. The van der Waals surface area contributed by atoms with Crippen molar-refractivity contribution in [3.05, 3.63) is 32.3 Å². The monoisotopic (exact) mass is 265 g/mol. The first-order valence-electron chi connectivity index (χ1n) is 3.85. The van der Waals surface area contributed by atoms with Crippen LogP contribution in [-0.4, -0.2) is 18.2 Å². The summed E-state index contributed by atoms with van der Waals surface area (Å²) in [7, 11) is 1.07. The third kappa shape index (κ3) is 2.74. The third-order valence-electron chi connectivity index (χ3n) is 1.54. The molecule has 8 heteroatoms. The number of methoxy groups -OCH3 is 1. The molecule has 6 nitrogen and oxygen atoms in total. The lowest BCUT2D eigenvalue weighted by molar-refractivity contribution is -0.385. The lowest BCUT2D eigenvalue weighted by atomic mass is 10.3. The molecule has 0 atom stereocenters. The van der Waals surface area contributed by atoms with Crippen molar-refractivity contribution in [2.24, 2.45) is 0 Å². The zero-order valence-corrected chi connectivity index (χ0v) is 9.41. The molecule has 86 valence electrons. The van der Waals surface area contributed by atoms with Crippen LogP contribution in [0.4, 0.5) is 10.5 Å². The van der Waals surface area contributed by atoms with Crippen LogP contribution < -0.4 is 4.74 Å². The highest BCUT2D eigenvalue weighted by Gasteiger charge is 2.23. The van der Waals surface area contributed by atoms with Crippen LogP contribution in [0.2, 0.25) is 10.0 Å². The van der Waals surface area contributed by atoms with E-state index in [1.807, 2.05) is 0 Å². The van der Waals surface area contributed by atoms with Crippen molar-refractivity contribution in [2.75, 3.05) is 7.11 Å². The first kappa shape index (κ1) is 12.5. The van der Waals surface area contributed by atoms with Crippen molar-refractivity contribution in [3.63, 3.8) is 0 Å². The van der Waals surface area contributed by atoms with Gasteiger partial charge in [-0.1, -0.05) is 23.2 Å². The third-order valence-corrected chi connectivity index (χ3v) is 2.04. The maximum atomic E-state index is 10.8. The molecule has 0 aromatic heterocycles. The van der Waals surface area contributed by atoms with Crippen molar-refractivity contribution < 1.29 is 19.2 Å². The number of carbonyl (C=O) groups excluding carboxylic acids is 1. The average molecular weight is 266 g/mol. The van der Waals surface area contributed by atoms with Gasteiger partial charge in [0.15, 0.2) is 0 Å². The number of nitro groups is 1. The maximum absolute atomic E-state index is 10.8. The van der Waals surface area contributed by atoms with E-state index in [1.165, 1.54) is 6.07 Å². The minimum absolute atomic E-state index is 0.106. The number of nitro benzene ring substituents is 1. The predicted octanol–water partition coefficient (Wildman–Crippen LogP) is 3.05. The van der Waals surface area contributed by atoms with Crippen molar-refractivity contribution >= 4 is 35.0 Å². The first-order chi connectivity index (χ1) is 7.45. The fourth-order valence-corrected chi connectivity index (χ4v) is 1.47. The molecule has 0 aliphatic heterocycles. The average Bonchev–Trinajstić information content (AvgIpc) is 2.15. The fraction of sp³-hybridized carbons (Fsp3) is 0.125. The highest BCUT2D eigenvalue weighted by molar-refractivity contribution is 6.36. The Morgan fingerprint density at radius 2 is 2.06 bits per heavy atom. The van der Waals surface area contributed by atoms with Gasteiger partial charge in [0.25, 0.3) is 0 Å². The molecule has 0 saturated carbocycles. The van der Waals surface area contributed by atoms with E-state index in [0.717, 1.165) is 13.2 Å². The molecule has 0 saturated heterocycles. The van der Waals surface area contributed by atoms with Gasteiger partial charge in [-0.2, -0.15) is 0 Å². The fourth-order valence-electron chi connectivity index (χ4n) is 0.929. The second kappa shape index (κ2) is 5.00. The van der Waals surface area contributed by atoms with E-state index in [-0.39, 0.29) is 15.8 Å². The van der Waals surface area contributed by atoms with E-state index in [4.69, 9.17) is 23.2 Å². The van der Waals surface area contributed by atoms with E-state index in [0.29, 0.717) is 0 Å². The SMILES string of the molecule is COC(=O)Oc1cc(Cl)cc(Cl)c1[N+](=O)[O-]. The summed E-state index contributed by atoms with van der Waals surface area (Å²) >= 11 is 11.2. The van der Waals surface area contributed by atoms with Gasteiger partial charge in [-0.05, 0) is 6.07 Å². The van der Waals surface area contributed by atoms with Gasteiger partial charge in [-0.3, -0.25) is 10.1 Å². The van der Waals surface area contributed by atoms with Crippen LogP contribution in [0, 0.1) is 10.1 Å². The van der Waals surface area contributed by atoms with Crippen LogP contribution in [-0.2, 0) is 4.74 Å². The smallest absolute Gasteiger partial charge is 0.437 e. The molecule has 16 heavy (non-hydrogen) atoms. The van der Waals surface area contributed by atoms with E-state index in [1.54, 1.807) is 0 Å². The number of halogens is 2. The normalized spacial score (nSPS) is 9.69. The van der Waals surface area contributed by atoms with Gasteiger partial charge in [0.05, 0.1) is 12.0 Å². The first-order valence-corrected chi connectivity index (χ1v) is 4.60. The van der Waals surface area contributed by atoms with E-state index < -0.39 is 16.8 Å². The molecule has 0 unspecified atom stereocenters. The molecule has 0 fully saturated rings. The maximum Gasteiger partial charge on any atom is 0.513 e. The molecule has 1 aromatic rings. The number of benzene rings is 1. The quantitative estimate of drug-likeness (QED) is 0.355. The Balaban J connectivity index is 3.24. The Morgan fingerprint density at radius 3 is 2.56 bits per heavy atom. The molecule has 0 heterocycles. The molecule has 0 bridgehead atoms. The second-order valence-electron chi connectivity index (χ2n) is 2.55. The van der Waals surface area contributed by atoms with Gasteiger partial charge in [0.2, 0.25) is 5.75 Å². The van der Waals surface area contributed by atoms with Crippen LogP contribution in [0.5, 0.6) is 5.75 Å². The van der Waals surface area contributed by atoms with Crippen LogP contribution >= 0.6 is 23.2 Å². The molecule has 0 radical (unpaired) electrons. The minimum Gasteiger partial charge on any atom is -0.437 e. The van der Waals surface area contributed by atoms with Gasteiger partial charge in [0.1, 0.15) is 5.02 Å². The Morgan fingerprint density at radius 1 is 1.44 bits per heavy atom. The predicted molar refractivity (Wildman–Crippen MR) is 56.1 cm³/mol. The lowest BCUT2D eigenvalue weighted by Gasteiger charge is -2.05. The molecular formula is C8H5Cl2NO5. The van der Waals surface area contributed by atoms with Gasteiger partial charge >= 0.3 is 11.8 Å². The minimum atomic E-state index is -1.10. The van der Waals surface area contributed by atoms with Crippen LogP contribution in [0.1, 0.15) is 0 Å². The van der Waals surface area contributed by atoms with Gasteiger partial charge < -0.3 is 9.47 Å². The Labute approximate surface area is 99.8 Å². The summed E-state index contributed by atoms with van der Waals surface area (Å²) in [6.07, 6.45) is -1.10. The number of ether oxygens (including phenoxy) is 2. The zero-order valence-electron chi connectivity index (χ0n) is 7.90. The molecular weight excluding hydrogens is 261 g/mol. The van der Waals surface area contributed by atoms with Gasteiger partial charge in [-0.25, -0.2) is 4.79 Å². The zero-order chi connectivity index (χ0) is 12.3. The van der Waals surface area contributed by atoms with Crippen LogP contribution in [0.25, 0.3) is 0 Å². The summed E-state index contributed by atoms with van der Waals surface area (Å²) in [4.78, 5) is 20.7. The van der Waals surface area contributed by atoms with Crippen molar-refractivity contribution in [3.8, 4) is 5.75 Å². The lowest BCUT2D eigenvalue weighted by Crippen LogP contribution is -2.09. The van der Waals surface area contributed by atoms with Crippen LogP contribution in [0.15, 0.2) is 12.1 Å². The molecule has 0 spiro atoms. The Hall–Kier alpha value is -1.53. The molecule has 1 rings (SSSR count). The Kier molecular flexibility index (Phi) is 3.92. The molecule has 0 amide bonds. The summed E-state index contributed by atoms with van der Waals surface area (Å²) in [5, 5.41) is 10.6. The molecule has 0 N–H and O–H groups in total. The summed E-state index contributed by atoms with van der Waals surface area (Å²) in [5.74, 6) is -0.366. The second-order valence-corrected chi connectivity index (χ2v) is 3.39. The number of nitrogens with zero attached hydrogens (tertiary/aromatic N) is 1. The van der Waals surface area contributed by atoms with Crippen molar-refractivity contribution in [1.82, 2.24) is 0 Å². The Bertz CT molecular complexity index is 448. The summed E-state index contributed by atoms with van der Waals surface area (Å²) in [6.45, 7) is 0. The van der Waals surface area contributed by atoms with Crippen molar-refractivity contribution in [2.45, 2.75) is 0 Å². The van der Waals surface area contributed by atoms with Crippen LogP contribution in [0.3, 0.4) is 0 Å². The van der Waals surface area contributed by atoms with E-state index in [9.17, 15) is 14.9 Å². The largest absolute Gasteiger partial charge is 0.513 e. The highest BCUT2D eigenvalue weighted by atomic mass is 35.5. The number of rotatable bonds is 2. The molecule has 0 aliphatic rings. The summed E-state index contributed by atoms with van der Waals surface area (Å²) in [5.41, 5.74) is -0.545. The van der Waals surface area contributed by atoms with E-state index in [2.05, 4.69) is 9.47 Å². The van der Waals surface area contributed by atoms with Gasteiger partial charge in [0, 0.05) is 11.1 Å². The van der Waals surface area contributed by atoms with Gasteiger partial charge in [-0.15, -0.1) is 0 Å². The summed E-state index contributed by atoms with van der Waals surface area (Å²) in [6, 6.07) is 2.27. The van der Waals surface area contributed by atoms with E-state index >= 15 is 0 Å². The number of hydrogen-bond acceptors (Lipinski definition) is 5. The van der Waals surface area contributed by atoms with Crippen molar-refractivity contribution in [1.29, 1.82) is 0 Å².